The second kappa shape index (κ2) is 5.12. The topological polar surface area (TPSA) is 104 Å². The molecule has 104 valence electrons. The summed E-state index contributed by atoms with van der Waals surface area (Å²) in [5.41, 5.74) is -0.613. The van der Waals surface area contributed by atoms with Gasteiger partial charge in [-0.15, -0.1) is 0 Å². The van der Waals surface area contributed by atoms with Crippen LogP contribution in [0.2, 0.25) is 0 Å². The number of hydrogen-bond acceptors (Lipinski definition) is 4. The molecular formula is C11H14N2O5S. The van der Waals surface area contributed by atoms with Crippen molar-refractivity contribution < 1.29 is 23.1 Å². The van der Waals surface area contributed by atoms with E-state index in [1.807, 2.05) is 0 Å². The summed E-state index contributed by atoms with van der Waals surface area (Å²) in [7, 11) is -4.16. The molecule has 0 unspecified atom stereocenters. The summed E-state index contributed by atoms with van der Waals surface area (Å²) in [5, 5.41) is 8.74. The lowest BCUT2D eigenvalue weighted by Gasteiger charge is -2.19. The van der Waals surface area contributed by atoms with Crippen LogP contribution in [0.4, 0.5) is 0 Å². The van der Waals surface area contributed by atoms with Crippen LogP contribution in [0, 0.1) is 0 Å². The predicted molar refractivity (Wildman–Crippen MR) is 67.1 cm³/mol. The van der Waals surface area contributed by atoms with E-state index in [1.165, 1.54) is 4.90 Å². The molecule has 0 aromatic carbocycles. The van der Waals surface area contributed by atoms with Gasteiger partial charge >= 0.3 is 5.97 Å². The van der Waals surface area contributed by atoms with Crippen molar-refractivity contribution in [2.24, 2.45) is 4.40 Å². The van der Waals surface area contributed by atoms with Crippen molar-refractivity contribution in [3.63, 3.8) is 0 Å². The van der Waals surface area contributed by atoms with Crippen molar-refractivity contribution in [2.45, 2.75) is 25.7 Å². The predicted octanol–water partition coefficient (Wildman–Crippen LogP) is 0.142. The first-order valence-corrected chi connectivity index (χ1v) is 7.45. The number of amides is 1. The van der Waals surface area contributed by atoms with Gasteiger partial charge in [0.2, 0.25) is 0 Å². The number of hydrogen-bond donors (Lipinski definition) is 1. The Hall–Kier alpha value is -1.70. The molecule has 19 heavy (non-hydrogen) atoms. The molecule has 0 aliphatic carbocycles. The normalized spacial score (nSPS) is 22.4. The minimum atomic E-state index is -4.16. The molecule has 7 nitrogen and oxygen atoms in total. The van der Waals surface area contributed by atoms with Gasteiger partial charge in [0, 0.05) is 13.1 Å². The molecule has 0 saturated carbocycles. The fourth-order valence-corrected chi connectivity index (χ4v) is 3.20. The number of aliphatic carboxylic acids is 1. The first kappa shape index (κ1) is 13.7. The van der Waals surface area contributed by atoms with Crippen molar-refractivity contribution >= 4 is 27.6 Å². The fraction of sp³-hybridized carbons (Fsp3) is 0.545. The van der Waals surface area contributed by atoms with Gasteiger partial charge in [0.05, 0.1) is 0 Å². The number of carboxylic acids is 1. The van der Waals surface area contributed by atoms with Crippen LogP contribution in [-0.4, -0.2) is 49.1 Å². The smallest absolute Gasteiger partial charge is 0.355 e. The molecule has 2 aliphatic heterocycles. The van der Waals surface area contributed by atoms with E-state index in [9.17, 15) is 18.0 Å². The summed E-state index contributed by atoms with van der Waals surface area (Å²) in [6, 6.07) is 0. The summed E-state index contributed by atoms with van der Waals surface area (Å²) in [4.78, 5) is 23.8. The van der Waals surface area contributed by atoms with Crippen LogP contribution in [0.5, 0.6) is 0 Å². The van der Waals surface area contributed by atoms with Gasteiger partial charge in [0.25, 0.3) is 15.9 Å². The summed E-state index contributed by atoms with van der Waals surface area (Å²) in [6.07, 6.45) is 4.50. The highest BCUT2D eigenvalue weighted by atomic mass is 32.2. The van der Waals surface area contributed by atoms with Crippen molar-refractivity contribution in [3.05, 3.63) is 11.0 Å². The number of carbonyl (C=O) groups is 2. The molecule has 0 atom stereocenters. The van der Waals surface area contributed by atoms with Crippen LogP contribution in [0.3, 0.4) is 0 Å². The SMILES string of the molecule is O=C(O)C1=NS(=O)(=O)C(C(=O)N2CCCCCC2)=C1. The van der Waals surface area contributed by atoms with E-state index in [-0.39, 0.29) is 0 Å². The molecule has 2 heterocycles. The highest BCUT2D eigenvalue weighted by Gasteiger charge is 2.35. The van der Waals surface area contributed by atoms with Gasteiger partial charge in [0.1, 0.15) is 0 Å². The molecule has 0 bridgehead atoms. The Kier molecular flexibility index (Phi) is 3.70. The molecule has 8 heteroatoms. The average Bonchev–Trinajstić information content (AvgIpc) is 2.55. The zero-order valence-electron chi connectivity index (χ0n) is 10.2. The quantitative estimate of drug-likeness (QED) is 0.777. The fourth-order valence-electron chi connectivity index (χ4n) is 2.11. The summed E-state index contributed by atoms with van der Waals surface area (Å²) in [5.74, 6) is -2.11. The van der Waals surface area contributed by atoms with Crippen LogP contribution in [-0.2, 0) is 19.6 Å². The number of nitrogens with zero attached hydrogens (tertiary/aromatic N) is 2. The van der Waals surface area contributed by atoms with E-state index in [1.54, 1.807) is 0 Å². The van der Waals surface area contributed by atoms with E-state index in [2.05, 4.69) is 4.40 Å². The number of sulfonamides is 1. The number of rotatable bonds is 2. The van der Waals surface area contributed by atoms with Crippen molar-refractivity contribution in [1.82, 2.24) is 4.90 Å². The lowest BCUT2D eigenvalue weighted by atomic mass is 10.2. The third-order valence-corrected chi connectivity index (χ3v) is 4.37. The molecule has 2 aliphatic rings. The molecule has 0 radical (unpaired) electrons. The van der Waals surface area contributed by atoms with Gasteiger partial charge in [-0.1, -0.05) is 12.8 Å². The first-order valence-electron chi connectivity index (χ1n) is 6.01. The van der Waals surface area contributed by atoms with Crippen molar-refractivity contribution in [2.75, 3.05) is 13.1 Å². The summed E-state index contributed by atoms with van der Waals surface area (Å²) < 4.78 is 26.5. The lowest BCUT2D eigenvalue weighted by molar-refractivity contribution is -0.129. The van der Waals surface area contributed by atoms with Crippen LogP contribution in [0.1, 0.15) is 25.7 Å². The Morgan fingerprint density at radius 2 is 1.74 bits per heavy atom. The van der Waals surface area contributed by atoms with Crippen LogP contribution in [0.15, 0.2) is 15.4 Å². The summed E-state index contributed by atoms with van der Waals surface area (Å²) >= 11 is 0. The number of carbonyl (C=O) groups excluding carboxylic acids is 1. The van der Waals surface area contributed by atoms with Crippen molar-refractivity contribution in [1.29, 1.82) is 0 Å². The van der Waals surface area contributed by atoms with Crippen LogP contribution in [0.25, 0.3) is 0 Å². The number of likely N-dealkylation sites (tertiary alicyclic amines) is 1. The monoisotopic (exact) mass is 286 g/mol. The lowest BCUT2D eigenvalue weighted by Crippen LogP contribution is -2.34. The van der Waals surface area contributed by atoms with Gasteiger partial charge in [-0.05, 0) is 18.9 Å². The van der Waals surface area contributed by atoms with Gasteiger partial charge in [0.15, 0.2) is 10.6 Å². The molecule has 0 spiro atoms. The van der Waals surface area contributed by atoms with E-state index < -0.39 is 32.5 Å². The zero-order valence-corrected chi connectivity index (χ0v) is 11.0. The zero-order chi connectivity index (χ0) is 14.0. The third-order valence-electron chi connectivity index (χ3n) is 3.09. The molecule has 1 N–H and O–H groups in total. The maximum atomic E-state index is 12.1. The van der Waals surface area contributed by atoms with Gasteiger partial charge in [-0.3, -0.25) is 4.79 Å². The second-order valence-corrected chi connectivity index (χ2v) is 6.04. The second-order valence-electron chi connectivity index (χ2n) is 4.47. The Morgan fingerprint density at radius 1 is 1.16 bits per heavy atom. The maximum absolute atomic E-state index is 12.1. The number of carboxylic acid groups (broad SMARTS) is 1. The van der Waals surface area contributed by atoms with Crippen LogP contribution >= 0.6 is 0 Å². The van der Waals surface area contributed by atoms with E-state index in [0.717, 1.165) is 31.8 Å². The standard InChI is InChI=1S/C11H14N2O5S/c14-10(13-5-3-1-2-4-6-13)9-7-8(11(15)16)12-19(9,17)18/h7H,1-6H2,(H,15,16). The largest absolute Gasteiger partial charge is 0.476 e. The van der Waals surface area contributed by atoms with Gasteiger partial charge in [-0.2, -0.15) is 12.8 Å². The van der Waals surface area contributed by atoms with E-state index >= 15 is 0 Å². The maximum Gasteiger partial charge on any atom is 0.355 e. The Labute approximate surface area is 110 Å². The highest BCUT2D eigenvalue weighted by Crippen LogP contribution is 2.21. The molecular weight excluding hydrogens is 272 g/mol. The Morgan fingerprint density at radius 3 is 2.21 bits per heavy atom. The minimum Gasteiger partial charge on any atom is -0.476 e. The van der Waals surface area contributed by atoms with Gasteiger partial charge < -0.3 is 10.0 Å². The molecule has 1 amide bonds. The highest BCUT2D eigenvalue weighted by molar-refractivity contribution is 7.95. The molecule has 0 aromatic rings. The Balaban J connectivity index is 2.24. The van der Waals surface area contributed by atoms with E-state index in [0.29, 0.717) is 13.1 Å². The molecule has 1 fully saturated rings. The third kappa shape index (κ3) is 2.83. The first-order chi connectivity index (χ1) is 8.92. The molecule has 0 aromatic heterocycles. The minimum absolute atomic E-state index is 0.494. The Bertz CT molecular complexity index is 568. The van der Waals surface area contributed by atoms with E-state index in [4.69, 9.17) is 5.11 Å². The van der Waals surface area contributed by atoms with Crippen molar-refractivity contribution in [3.8, 4) is 0 Å². The summed E-state index contributed by atoms with van der Waals surface area (Å²) in [6.45, 7) is 0.988. The van der Waals surface area contributed by atoms with Gasteiger partial charge in [-0.25, -0.2) is 4.79 Å². The molecule has 2 rings (SSSR count). The van der Waals surface area contributed by atoms with Crippen LogP contribution < -0.4 is 0 Å². The molecule has 1 saturated heterocycles. The average molecular weight is 286 g/mol.